The third kappa shape index (κ3) is 5.19. The maximum absolute atomic E-state index is 3.59. The molecular formula is C17H27BrN2. The fourth-order valence-corrected chi connectivity index (χ4v) is 3.57. The molecule has 1 atom stereocenters. The minimum atomic E-state index is 0.789. The van der Waals surface area contributed by atoms with Crippen LogP contribution in [0.15, 0.2) is 30.3 Å². The van der Waals surface area contributed by atoms with Crippen LogP contribution in [0.2, 0.25) is 0 Å². The first-order chi connectivity index (χ1) is 9.79. The predicted molar refractivity (Wildman–Crippen MR) is 90.4 cm³/mol. The quantitative estimate of drug-likeness (QED) is 0.698. The van der Waals surface area contributed by atoms with Crippen LogP contribution in [0.5, 0.6) is 0 Å². The zero-order valence-electron chi connectivity index (χ0n) is 12.6. The Morgan fingerprint density at radius 1 is 1.20 bits per heavy atom. The Labute approximate surface area is 132 Å². The van der Waals surface area contributed by atoms with E-state index in [-0.39, 0.29) is 0 Å². The Bertz CT molecular complexity index is 369. The van der Waals surface area contributed by atoms with Crippen LogP contribution in [0.25, 0.3) is 0 Å². The maximum atomic E-state index is 3.59. The number of rotatable bonds is 7. The van der Waals surface area contributed by atoms with Crippen molar-refractivity contribution < 1.29 is 0 Å². The third-order valence-corrected chi connectivity index (χ3v) is 4.70. The summed E-state index contributed by atoms with van der Waals surface area (Å²) >= 11 is 3.59. The van der Waals surface area contributed by atoms with Gasteiger partial charge >= 0.3 is 0 Å². The second kappa shape index (κ2) is 8.81. The van der Waals surface area contributed by atoms with Gasteiger partial charge in [-0.1, -0.05) is 52.7 Å². The van der Waals surface area contributed by atoms with Gasteiger partial charge in [-0.05, 0) is 38.4 Å². The summed E-state index contributed by atoms with van der Waals surface area (Å²) in [5, 5.41) is 1.06. The molecule has 112 valence electrons. The summed E-state index contributed by atoms with van der Waals surface area (Å²) in [6, 6.07) is 11.6. The number of nitrogens with zero attached hydrogens (tertiary/aromatic N) is 2. The maximum Gasteiger partial charge on any atom is 0.0234 e. The number of alkyl halides is 1. The molecule has 1 aromatic rings. The second-order valence-electron chi connectivity index (χ2n) is 5.87. The highest BCUT2D eigenvalue weighted by Gasteiger charge is 2.19. The van der Waals surface area contributed by atoms with Crippen LogP contribution >= 0.6 is 15.9 Å². The SMILES string of the molecule is CN1CCCCC1CCN(CCBr)Cc1ccccc1. The van der Waals surface area contributed by atoms with E-state index in [0.29, 0.717) is 0 Å². The molecule has 20 heavy (non-hydrogen) atoms. The average Bonchev–Trinajstić information content (AvgIpc) is 2.47. The summed E-state index contributed by atoms with van der Waals surface area (Å²) in [6.45, 7) is 4.69. The van der Waals surface area contributed by atoms with Crippen LogP contribution in [0.4, 0.5) is 0 Å². The molecule has 0 spiro atoms. The van der Waals surface area contributed by atoms with Crippen molar-refractivity contribution in [1.82, 2.24) is 9.80 Å². The molecule has 1 heterocycles. The lowest BCUT2D eigenvalue weighted by atomic mass is 10.00. The Hall–Kier alpha value is -0.380. The van der Waals surface area contributed by atoms with E-state index >= 15 is 0 Å². The monoisotopic (exact) mass is 338 g/mol. The smallest absolute Gasteiger partial charge is 0.0234 e. The summed E-state index contributed by atoms with van der Waals surface area (Å²) in [5.74, 6) is 0. The van der Waals surface area contributed by atoms with Crippen LogP contribution in [0, 0.1) is 0 Å². The van der Waals surface area contributed by atoms with E-state index in [4.69, 9.17) is 0 Å². The van der Waals surface area contributed by atoms with Crippen LogP contribution < -0.4 is 0 Å². The Kier molecular flexibility index (Phi) is 7.05. The Morgan fingerprint density at radius 3 is 2.70 bits per heavy atom. The molecule has 0 amide bonds. The van der Waals surface area contributed by atoms with Crippen LogP contribution in [0.1, 0.15) is 31.2 Å². The van der Waals surface area contributed by atoms with Crippen molar-refractivity contribution >= 4 is 15.9 Å². The van der Waals surface area contributed by atoms with Gasteiger partial charge in [0.05, 0.1) is 0 Å². The van der Waals surface area contributed by atoms with Crippen molar-refractivity contribution in [2.24, 2.45) is 0 Å². The van der Waals surface area contributed by atoms with E-state index in [1.165, 1.54) is 44.3 Å². The van der Waals surface area contributed by atoms with Crippen molar-refractivity contribution in [1.29, 1.82) is 0 Å². The molecule has 0 aliphatic carbocycles. The van der Waals surface area contributed by atoms with Crippen molar-refractivity contribution in [3.8, 4) is 0 Å². The van der Waals surface area contributed by atoms with E-state index in [0.717, 1.165) is 24.5 Å². The van der Waals surface area contributed by atoms with E-state index in [1.54, 1.807) is 0 Å². The van der Waals surface area contributed by atoms with Gasteiger partial charge in [0.15, 0.2) is 0 Å². The van der Waals surface area contributed by atoms with Crippen molar-refractivity contribution in [2.75, 3.05) is 32.0 Å². The molecule has 1 aromatic carbocycles. The van der Waals surface area contributed by atoms with Gasteiger partial charge in [-0.15, -0.1) is 0 Å². The van der Waals surface area contributed by atoms with Gasteiger partial charge in [-0.2, -0.15) is 0 Å². The summed E-state index contributed by atoms with van der Waals surface area (Å²) in [5.41, 5.74) is 1.42. The molecule has 2 nitrogen and oxygen atoms in total. The van der Waals surface area contributed by atoms with E-state index in [1.807, 2.05) is 0 Å². The number of hydrogen-bond donors (Lipinski definition) is 0. The van der Waals surface area contributed by atoms with Crippen molar-refractivity contribution in [2.45, 2.75) is 38.3 Å². The van der Waals surface area contributed by atoms with E-state index in [2.05, 4.69) is 63.1 Å². The van der Waals surface area contributed by atoms with Gasteiger partial charge in [0.25, 0.3) is 0 Å². The molecule has 1 aliphatic heterocycles. The zero-order chi connectivity index (χ0) is 14.2. The van der Waals surface area contributed by atoms with Crippen molar-refractivity contribution in [3.63, 3.8) is 0 Å². The number of hydrogen-bond acceptors (Lipinski definition) is 2. The van der Waals surface area contributed by atoms with Crippen LogP contribution in [-0.2, 0) is 6.54 Å². The summed E-state index contributed by atoms with van der Waals surface area (Å²) in [7, 11) is 2.29. The summed E-state index contributed by atoms with van der Waals surface area (Å²) in [4.78, 5) is 5.13. The van der Waals surface area contributed by atoms with Crippen molar-refractivity contribution in [3.05, 3.63) is 35.9 Å². The highest BCUT2D eigenvalue weighted by molar-refractivity contribution is 9.09. The second-order valence-corrected chi connectivity index (χ2v) is 6.66. The molecule has 0 aromatic heterocycles. The normalized spacial score (nSPS) is 20.4. The fraction of sp³-hybridized carbons (Fsp3) is 0.647. The van der Waals surface area contributed by atoms with Gasteiger partial charge in [0.2, 0.25) is 0 Å². The van der Waals surface area contributed by atoms with Gasteiger partial charge in [0.1, 0.15) is 0 Å². The lowest BCUT2D eigenvalue weighted by molar-refractivity contribution is 0.154. The highest BCUT2D eigenvalue weighted by atomic mass is 79.9. The molecule has 0 N–H and O–H groups in total. The van der Waals surface area contributed by atoms with Gasteiger partial charge in [0, 0.05) is 31.0 Å². The van der Waals surface area contributed by atoms with Crippen LogP contribution in [-0.4, -0.2) is 47.9 Å². The lowest BCUT2D eigenvalue weighted by Gasteiger charge is -2.34. The first-order valence-electron chi connectivity index (χ1n) is 7.82. The third-order valence-electron chi connectivity index (χ3n) is 4.35. The van der Waals surface area contributed by atoms with E-state index in [9.17, 15) is 0 Å². The largest absolute Gasteiger partial charge is 0.303 e. The molecule has 2 rings (SSSR count). The predicted octanol–water partition coefficient (Wildman–Crippen LogP) is 3.76. The molecule has 1 fully saturated rings. The van der Waals surface area contributed by atoms with Crippen LogP contribution in [0.3, 0.4) is 0 Å². The Morgan fingerprint density at radius 2 is 2.00 bits per heavy atom. The Balaban J connectivity index is 1.82. The summed E-state index contributed by atoms with van der Waals surface area (Å²) in [6.07, 6.45) is 5.47. The molecule has 0 bridgehead atoms. The van der Waals surface area contributed by atoms with Gasteiger partial charge in [-0.25, -0.2) is 0 Å². The molecule has 0 radical (unpaired) electrons. The molecular weight excluding hydrogens is 312 g/mol. The van der Waals surface area contributed by atoms with Gasteiger partial charge < -0.3 is 4.90 Å². The number of piperidine rings is 1. The number of benzene rings is 1. The minimum absolute atomic E-state index is 0.789. The average molecular weight is 339 g/mol. The topological polar surface area (TPSA) is 6.48 Å². The van der Waals surface area contributed by atoms with Gasteiger partial charge in [-0.3, -0.25) is 4.90 Å². The van der Waals surface area contributed by atoms with E-state index < -0.39 is 0 Å². The fourth-order valence-electron chi connectivity index (χ4n) is 3.07. The highest BCUT2D eigenvalue weighted by Crippen LogP contribution is 2.18. The summed E-state index contributed by atoms with van der Waals surface area (Å²) < 4.78 is 0. The number of likely N-dealkylation sites (tertiary alicyclic amines) is 1. The zero-order valence-corrected chi connectivity index (χ0v) is 14.2. The molecule has 0 saturated carbocycles. The molecule has 1 unspecified atom stereocenters. The minimum Gasteiger partial charge on any atom is -0.303 e. The lowest BCUT2D eigenvalue weighted by Crippen LogP contribution is -2.39. The molecule has 1 aliphatic rings. The first-order valence-corrected chi connectivity index (χ1v) is 8.94. The molecule has 3 heteroatoms. The first kappa shape index (κ1) is 16.0. The number of halogens is 1. The standard InChI is InChI=1S/C17H27BrN2/c1-19-12-6-5-9-17(19)10-13-20(14-11-18)15-16-7-3-2-4-8-16/h2-4,7-8,17H,5-6,9-15H2,1H3. The molecule has 1 saturated heterocycles.